The molecule has 0 saturated carbocycles. The average molecular weight is 273 g/mol. The third-order valence-electron chi connectivity index (χ3n) is 3.24. The number of amides is 2. The van der Waals surface area contributed by atoms with Crippen molar-refractivity contribution in [2.24, 2.45) is 0 Å². The van der Waals surface area contributed by atoms with Crippen LogP contribution in [0.1, 0.15) is 23.1 Å². The average Bonchev–Trinajstić information content (AvgIpc) is 2.65. The highest BCUT2D eigenvalue weighted by Gasteiger charge is 2.32. The number of carbonyl (C=O) groups is 3. The van der Waals surface area contributed by atoms with Crippen LogP contribution in [0.5, 0.6) is 0 Å². The van der Waals surface area contributed by atoms with Crippen molar-refractivity contribution in [3.63, 3.8) is 0 Å². The van der Waals surface area contributed by atoms with E-state index < -0.39 is 17.8 Å². The molecule has 2 amide bonds. The molecule has 0 spiro atoms. The summed E-state index contributed by atoms with van der Waals surface area (Å²) in [5.41, 5.74) is 2.96. The third kappa shape index (κ3) is 2.61. The first-order valence-electron chi connectivity index (χ1n) is 6.27. The van der Waals surface area contributed by atoms with Gasteiger partial charge in [-0.2, -0.15) is 0 Å². The molecule has 1 heterocycles. The zero-order chi connectivity index (χ0) is 14.9. The standard InChI is InChI=1S/C15H15NO4/c1-9-3-4-10(2)11(7-9)12-8-13(17)16(15(12)20)6-5-14(18)19/h3-4,7-8H,5-6H2,1-2H3,(H,18,19). The van der Waals surface area contributed by atoms with Gasteiger partial charge in [0.05, 0.1) is 12.0 Å². The zero-order valence-electron chi connectivity index (χ0n) is 11.3. The van der Waals surface area contributed by atoms with E-state index in [0.29, 0.717) is 5.57 Å². The number of hydrogen-bond acceptors (Lipinski definition) is 3. The first-order valence-corrected chi connectivity index (χ1v) is 6.27. The van der Waals surface area contributed by atoms with Gasteiger partial charge in [-0.25, -0.2) is 0 Å². The van der Waals surface area contributed by atoms with E-state index in [0.717, 1.165) is 21.6 Å². The Hall–Kier alpha value is -2.43. The summed E-state index contributed by atoms with van der Waals surface area (Å²) in [6, 6.07) is 5.68. The fraction of sp³-hybridized carbons (Fsp3) is 0.267. The number of imide groups is 1. The Balaban J connectivity index is 2.29. The molecule has 0 atom stereocenters. The van der Waals surface area contributed by atoms with Gasteiger partial charge in [0, 0.05) is 12.6 Å². The minimum absolute atomic E-state index is 0.0993. The molecule has 1 aromatic rings. The normalized spacial score (nSPS) is 14.7. The molecule has 0 saturated heterocycles. The number of hydrogen-bond donors (Lipinski definition) is 1. The molecule has 5 nitrogen and oxygen atoms in total. The van der Waals surface area contributed by atoms with Crippen LogP contribution >= 0.6 is 0 Å². The van der Waals surface area contributed by atoms with Gasteiger partial charge in [-0.3, -0.25) is 19.3 Å². The van der Waals surface area contributed by atoms with E-state index in [1.807, 2.05) is 32.0 Å². The Morgan fingerprint density at radius 3 is 2.60 bits per heavy atom. The summed E-state index contributed by atoms with van der Waals surface area (Å²) in [5, 5.41) is 8.64. The molecule has 104 valence electrons. The van der Waals surface area contributed by atoms with E-state index in [9.17, 15) is 14.4 Å². The zero-order valence-corrected chi connectivity index (χ0v) is 11.3. The van der Waals surface area contributed by atoms with E-state index in [1.165, 1.54) is 6.08 Å². The minimum Gasteiger partial charge on any atom is -0.481 e. The summed E-state index contributed by atoms with van der Waals surface area (Å²) < 4.78 is 0. The maximum Gasteiger partial charge on any atom is 0.305 e. The minimum atomic E-state index is -1.04. The predicted octanol–water partition coefficient (Wildman–Crippen LogP) is 1.53. The van der Waals surface area contributed by atoms with Crippen LogP contribution in [0.2, 0.25) is 0 Å². The molecule has 2 rings (SSSR count). The summed E-state index contributed by atoms with van der Waals surface area (Å²) in [6.45, 7) is 3.68. The number of rotatable bonds is 4. The van der Waals surface area contributed by atoms with Crippen molar-refractivity contribution in [2.75, 3.05) is 6.54 Å². The number of benzene rings is 1. The van der Waals surface area contributed by atoms with Crippen molar-refractivity contribution >= 4 is 23.4 Å². The monoisotopic (exact) mass is 273 g/mol. The van der Waals surface area contributed by atoms with Crippen LogP contribution in [0.15, 0.2) is 24.3 Å². The van der Waals surface area contributed by atoms with Gasteiger partial charge in [-0.1, -0.05) is 23.8 Å². The first kappa shape index (κ1) is 14.0. The molecule has 0 bridgehead atoms. The smallest absolute Gasteiger partial charge is 0.305 e. The number of nitrogens with zero attached hydrogens (tertiary/aromatic N) is 1. The van der Waals surface area contributed by atoms with E-state index in [2.05, 4.69) is 0 Å². The van der Waals surface area contributed by atoms with Crippen LogP contribution in [0.4, 0.5) is 0 Å². The van der Waals surface area contributed by atoms with Crippen molar-refractivity contribution in [1.29, 1.82) is 0 Å². The van der Waals surface area contributed by atoms with Crippen molar-refractivity contribution in [2.45, 2.75) is 20.3 Å². The lowest BCUT2D eigenvalue weighted by Crippen LogP contribution is -2.32. The number of aliphatic carboxylic acids is 1. The lowest BCUT2D eigenvalue weighted by Gasteiger charge is -2.14. The van der Waals surface area contributed by atoms with Gasteiger partial charge < -0.3 is 5.11 Å². The SMILES string of the molecule is Cc1ccc(C)c(C2=CC(=O)N(CCC(=O)O)C2=O)c1. The van der Waals surface area contributed by atoms with Gasteiger partial charge in [-0.15, -0.1) is 0 Å². The molecule has 1 aromatic carbocycles. The second-order valence-electron chi connectivity index (χ2n) is 4.82. The Kier molecular flexibility index (Phi) is 3.70. The van der Waals surface area contributed by atoms with Gasteiger partial charge in [0.2, 0.25) is 0 Å². The van der Waals surface area contributed by atoms with Crippen molar-refractivity contribution < 1.29 is 19.5 Å². The van der Waals surface area contributed by atoms with E-state index in [1.54, 1.807) is 0 Å². The molecule has 0 unspecified atom stereocenters. The van der Waals surface area contributed by atoms with E-state index in [4.69, 9.17) is 5.11 Å². The molecule has 5 heteroatoms. The highest BCUT2D eigenvalue weighted by Crippen LogP contribution is 2.27. The largest absolute Gasteiger partial charge is 0.481 e. The Bertz CT molecular complexity index is 631. The van der Waals surface area contributed by atoms with Crippen molar-refractivity contribution in [1.82, 2.24) is 4.90 Å². The summed E-state index contributed by atoms with van der Waals surface area (Å²) in [5.74, 6) is -1.91. The second-order valence-corrected chi connectivity index (χ2v) is 4.82. The van der Waals surface area contributed by atoms with Crippen LogP contribution in [0.25, 0.3) is 5.57 Å². The molecular weight excluding hydrogens is 258 g/mol. The Morgan fingerprint density at radius 1 is 1.25 bits per heavy atom. The molecule has 0 aromatic heterocycles. The van der Waals surface area contributed by atoms with Gasteiger partial charge in [0.1, 0.15) is 0 Å². The van der Waals surface area contributed by atoms with Gasteiger partial charge in [0.15, 0.2) is 0 Å². The summed E-state index contributed by atoms with van der Waals surface area (Å²) in [7, 11) is 0. The Morgan fingerprint density at radius 2 is 1.95 bits per heavy atom. The van der Waals surface area contributed by atoms with Crippen molar-refractivity contribution in [3.05, 3.63) is 41.0 Å². The molecular formula is C15H15NO4. The van der Waals surface area contributed by atoms with Gasteiger partial charge >= 0.3 is 5.97 Å². The molecule has 0 aliphatic carbocycles. The molecule has 1 N–H and O–H groups in total. The first-order chi connectivity index (χ1) is 9.40. The fourth-order valence-corrected chi connectivity index (χ4v) is 2.15. The number of carboxylic acid groups (broad SMARTS) is 1. The van der Waals surface area contributed by atoms with Crippen LogP contribution in [-0.2, 0) is 14.4 Å². The molecule has 20 heavy (non-hydrogen) atoms. The molecule has 1 aliphatic heterocycles. The fourth-order valence-electron chi connectivity index (χ4n) is 2.15. The second kappa shape index (κ2) is 5.28. The molecule has 1 aliphatic rings. The maximum atomic E-state index is 12.2. The Labute approximate surface area is 116 Å². The number of carbonyl (C=O) groups excluding carboxylic acids is 2. The summed E-state index contributed by atoms with van der Waals surface area (Å²) >= 11 is 0. The summed E-state index contributed by atoms with van der Waals surface area (Å²) in [6.07, 6.45) is 1.04. The van der Waals surface area contributed by atoms with Crippen LogP contribution < -0.4 is 0 Å². The molecule has 0 radical (unpaired) electrons. The van der Waals surface area contributed by atoms with Gasteiger partial charge in [-0.05, 0) is 25.0 Å². The predicted molar refractivity (Wildman–Crippen MR) is 72.9 cm³/mol. The van der Waals surface area contributed by atoms with Crippen LogP contribution in [0, 0.1) is 13.8 Å². The third-order valence-corrected chi connectivity index (χ3v) is 3.24. The van der Waals surface area contributed by atoms with Gasteiger partial charge in [0.25, 0.3) is 11.8 Å². The van der Waals surface area contributed by atoms with Crippen molar-refractivity contribution in [3.8, 4) is 0 Å². The highest BCUT2D eigenvalue weighted by atomic mass is 16.4. The van der Waals surface area contributed by atoms with Crippen LogP contribution in [0.3, 0.4) is 0 Å². The lowest BCUT2D eigenvalue weighted by atomic mass is 9.98. The topological polar surface area (TPSA) is 74.7 Å². The maximum absolute atomic E-state index is 12.2. The highest BCUT2D eigenvalue weighted by molar-refractivity contribution is 6.33. The summed E-state index contributed by atoms with van der Waals surface area (Å²) in [4.78, 5) is 35.6. The number of aryl methyl sites for hydroxylation is 2. The van der Waals surface area contributed by atoms with Crippen LogP contribution in [-0.4, -0.2) is 34.3 Å². The van der Waals surface area contributed by atoms with E-state index >= 15 is 0 Å². The quantitative estimate of drug-likeness (QED) is 0.844. The molecule has 0 fully saturated rings. The lowest BCUT2D eigenvalue weighted by molar-refractivity contribution is -0.139. The number of carboxylic acids is 1. The van der Waals surface area contributed by atoms with E-state index in [-0.39, 0.29) is 13.0 Å².